The van der Waals surface area contributed by atoms with Gasteiger partial charge in [0.1, 0.15) is 11.5 Å². The second-order valence-corrected chi connectivity index (χ2v) is 3.56. The molecule has 0 heterocycles. The molecular weight excluding hydrogens is 180 g/mol. The van der Waals surface area contributed by atoms with Crippen molar-refractivity contribution in [1.82, 2.24) is 0 Å². The van der Waals surface area contributed by atoms with Crippen molar-refractivity contribution in [3.63, 3.8) is 0 Å². The lowest BCUT2D eigenvalue weighted by atomic mass is 10.2. The van der Waals surface area contributed by atoms with Crippen LogP contribution in [0.4, 0.5) is 0 Å². The van der Waals surface area contributed by atoms with Crippen LogP contribution in [0, 0.1) is 5.92 Å². The van der Waals surface area contributed by atoms with Crippen molar-refractivity contribution >= 4 is 6.29 Å². The molecule has 74 valence electrons. The van der Waals surface area contributed by atoms with Crippen LogP contribution in [0.1, 0.15) is 23.2 Å². The van der Waals surface area contributed by atoms with E-state index in [2.05, 4.69) is 0 Å². The molecule has 14 heavy (non-hydrogen) atoms. The molecule has 0 bridgehead atoms. The molecule has 1 aromatic rings. The molecule has 1 N–H and O–H groups in total. The summed E-state index contributed by atoms with van der Waals surface area (Å²) in [7, 11) is 0. The number of carbonyl (C=O) groups is 1. The molecule has 0 atom stereocenters. The second kappa shape index (κ2) is 3.70. The van der Waals surface area contributed by atoms with Gasteiger partial charge in [0.05, 0.1) is 12.2 Å². The van der Waals surface area contributed by atoms with E-state index in [0.717, 1.165) is 0 Å². The third-order valence-electron chi connectivity index (χ3n) is 2.33. The standard InChI is InChI=1S/C11H12O3/c12-6-9-10(13)2-1-3-11(9)14-7-8-4-5-8/h1-3,6,8,13H,4-5,7H2. The van der Waals surface area contributed by atoms with E-state index < -0.39 is 0 Å². The fourth-order valence-corrected chi connectivity index (χ4v) is 1.27. The quantitative estimate of drug-likeness (QED) is 0.742. The van der Waals surface area contributed by atoms with E-state index in [0.29, 0.717) is 24.6 Å². The Kier molecular flexibility index (Phi) is 2.39. The summed E-state index contributed by atoms with van der Waals surface area (Å²) in [5, 5.41) is 9.36. The van der Waals surface area contributed by atoms with Gasteiger partial charge >= 0.3 is 0 Å². The van der Waals surface area contributed by atoms with Crippen LogP contribution in [0.5, 0.6) is 11.5 Å². The Balaban J connectivity index is 2.13. The highest BCUT2D eigenvalue weighted by molar-refractivity contribution is 5.83. The minimum atomic E-state index is -0.0201. The van der Waals surface area contributed by atoms with E-state index in [-0.39, 0.29) is 11.3 Å². The maximum absolute atomic E-state index is 10.7. The Labute approximate surface area is 82.3 Å². The summed E-state index contributed by atoms with van der Waals surface area (Å²) in [5.41, 5.74) is 0.244. The van der Waals surface area contributed by atoms with E-state index in [4.69, 9.17) is 4.74 Å². The number of hydrogen-bond acceptors (Lipinski definition) is 3. The van der Waals surface area contributed by atoms with Crippen molar-refractivity contribution < 1.29 is 14.6 Å². The van der Waals surface area contributed by atoms with Gasteiger partial charge in [0, 0.05) is 0 Å². The van der Waals surface area contributed by atoms with Gasteiger partial charge in [-0.2, -0.15) is 0 Å². The van der Waals surface area contributed by atoms with Crippen LogP contribution >= 0.6 is 0 Å². The largest absolute Gasteiger partial charge is 0.507 e. The topological polar surface area (TPSA) is 46.5 Å². The highest BCUT2D eigenvalue weighted by Crippen LogP contribution is 2.31. The molecule has 3 nitrogen and oxygen atoms in total. The fourth-order valence-electron chi connectivity index (χ4n) is 1.27. The lowest BCUT2D eigenvalue weighted by molar-refractivity contribution is 0.111. The monoisotopic (exact) mass is 192 g/mol. The zero-order chi connectivity index (χ0) is 9.97. The third-order valence-corrected chi connectivity index (χ3v) is 2.33. The third kappa shape index (κ3) is 1.87. The Hall–Kier alpha value is -1.51. The number of hydrogen-bond donors (Lipinski definition) is 1. The minimum absolute atomic E-state index is 0.0201. The number of aromatic hydroxyl groups is 1. The number of phenolic OH excluding ortho intramolecular Hbond substituents is 1. The van der Waals surface area contributed by atoms with Gasteiger partial charge < -0.3 is 9.84 Å². The predicted octanol–water partition coefficient (Wildman–Crippen LogP) is 1.99. The average Bonchev–Trinajstić information content (AvgIpc) is 2.98. The molecule has 0 saturated heterocycles. The van der Waals surface area contributed by atoms with Crippen LogP contribution in [-0.2, 0) is 0 Å². The van der Waals surface area contributed by atoms with Crippen LogP contribution in [0.15, 0.2) is 18.2 Å². The molecule has 1 saturated carbocycles. The first-order chi connectivity index (χ1) is 6.81. The molecule has 1 fully saturated rings. The van der Waals surface area contributed by atoms with Crippen LogP contribution in [-0.4, -0.2) is 18.0 Å². The fraction of sp³-hybridized carbons (Fsp3) is 0.364. The molecule has 0 unspecified atom stereocenters. The maximum Gasteiger partial charge on any atom is 0.157 e. The molecule has 0 amide bonds. The smallest absolute Gasteiger partial charge is 0.157 e. The number of ether oxygens (including phenoxy) is 1. The maximum atomic E-state index is 10.7. The molecular formula is C11H12O3. The molecule has 3 heteroatoms. The van der Waals surface area contributed by atoms with E-state index >= 15 is 0 Å². The van der Waals surface area contributed by atoms with Crippen molar-refractivity contribution in [2.45, 2.75) is 12.8 Å². The average molecular weight is 192 g/mol. The van der Waals surface area contributed by atoms with E-state index in [1.807, 2.05) is 0 Å². The van der Waals surface area contributed by atoms with Crippen molar-refractivity contribution in [2.24, 2.45) is 5.92 Å². The zero-order valence-electron chi connectivity index (χ0n) is 7.77. The molecule has 0 aliphatic heterocycles. The van der Waals surface area contributed by atoms with Gasteiger partial charge in [-0.05, 0) is 30.9 Å². The van der Waals surface area contributed by atoms with Crippen LogP contribution in [0.3, 0.4) is 0 Å². The SMILES string of the molecule is O=Cc1c(O)cccc1OCC1CC1. The lowest BCUT2D eigenvalue weighted by Gasteiger charge is -2.08. The highest BCUT2D eigenvalue weighted by Gasteiger charge is 2.22. The van der Waals surface area contributed by atoms with Crippen molar-refractivity contribution in [2.75, 3.05) is 6.61 Å². The number of aldehydes is 1. The van der Waals surface area contributed by atoms with Crippen molar-refractivity contribution in [3.05, 3.63) is 23.8 Å². The van der Waals surface area contributed by atoms with Gasteiger partial charge in [-0.15, -0.1) is 0 Å². The van der Waals surface area contributed by atoms with E-state index in [1.165, 1.54) is 18.9 Å². The van der Waals surface area contributed by atoms with Gasteiger partial charge in [0.15, 0.2) is 6.29 Å². The Morgan fingerprint density at radius 1 is 1.50 bits per heavy atom. The second-order valence-electron chi connectivity index (χ2n) is 3.56. The van der Waals surface area contributed by atoms with Crippen LogP contribution in [0.25, 0.3) is 0 Å². The molecule has 0 spiro atoms. The molecule has 0 radical (unpaired) electrons. The Morgan fingerprint density at radius 2 is 2.29 bits per heavy atom. The summed E-state index contributed by atoms with van der Waals surface area (Å²) < 4.78 is 5.44. The molecule has 2 rings (SSSR count). The summed E-state index contributed by atoms with van der Waals surface area (Å²) in [5.74, 6) is 1.09. The van der Waals surface area contributed by atoms with E-state index in [1.54, 1.807) is 12.1 Å². The number of phenols is 1. The lowest BCUT2D eigenvalue weighted by Crippen LogP contribution is -2.01. The molecule has 1 aliphatic rings. The Bertz CT molecular complexity index is 342. The summed E-state index contributed by atoms with van der Waals surface area (Å²) >= 11 is 0. The minimum Gasteiger partial charge on any atom is -0.507 e. The highest BCUT2D eigenvalue weighted by atomic mass is 16.5. The van der Waals surface area contributed by atoms with Gasteiger partial charge in [0.25, 0.3) is 0 Å². The summed E-state index contributed by atoms with van der Waals surface area (Å²) in [6.45, 7) is 0.643. The summed E-state index contributed by atoms with van der Waals surface area (Å²) in [6, 6.07) is 4.85. The predicted molar refractivity (Wildman–Crippen MR) is 51.7 cm³/mol. The molecule has 0 aromatic heterocycles. The first-order valence-corrected chi connectivity index (χ1v) is 4.71. The van der Waals surface area contributed by atoms with Gasteiger partial charge in [-0.25, -0.2) is 0 Å². The van der Waals surface area contributed by atoms with Crippen molar-refractivity contribution in [1.29, 1.82) is 0 Å². The van der Waals surface area contributed by atoms with Gasteiger partial charge in [-0.1, -0.05) is 6.07 Å². The number of rotatable bonds is 4. The first kappa shape index (κ1) is 9.06. The summed E-state index contributed by atoms with van der Waals surface area (Å²) in [4.78, 5) is 10.7. The summed E-state index contributed by atoms with van der Waals surface area (Å²) in [6.07, 6.45) is 3.03. The molecule has 1 aromatic carbocycles. The van der Waals surface area contributed by atoms with Crippen LogP contribution in [0.2, 0.25) is 0 Å². The number of benzene rings is 1. The van der Waals surface area contributed by atoms with Crippen LogP contribution < -0.4 is 4.74 Å². The first-order valence-electron chi connectivity index (χ1n) is 4.71. The van der Waals surface area contributed by atoms with Gasteiger partial charge in [-0.3, -0.25) is 4.79 Å². The molecule has 1 aliphatic carbocycles. The van der Waals surface area contributed by atoms with E-state index in [9.17, 15) is 9.90 Å². The number of carbonyl (C=O) groups excluding carboxylic acids is 1. The van der Waals surface area contributed by atoms with Crippen molar-refractivity contribution in [3.8, 4) is 11.5 Å². The normalized spacial score (nSPS) is 15.1. The zero-order valence-corrected chi connectivity index (χ0v) is 7.77. The van der Waals surface area contributed by atoms with Gasteiger partial charge in [0.2, 0.25) is 0 Å². The Morgan fingerprint density at radius 3 is 2.93 bits per heavy atom.